The number of para-hydroxylation sites is 1. The minimum absolute atomic E-state index is 0.0180. The molecule has 31 nitrogen and oxygen atoms in total. The lowest BCUT2D eigenvalue weighted by atomic mass is 9.98. The first kappa shape index (κ1) is 97.2. The number of carbonyl (C=O) groups is 14. The highest BCUT2D eigenvalue weighted by molar-refractivity contribution is 8.00. The molecule has 0 bridgehead atoms. The molecule has 2 aliphatic rings. The molecule has 0 unspecified atom stereocenters. The quantitative estimate of drug-likeness (QED) is 0.0446. The Labute approximate surface area is 739 Å². The highest BCUT2D eigenvalue weighted by atomic mass is 32.2. The summed E-state index contributed by atoms with van der Waals surface area (Å²) in [5.74, 6) is -13.3. The number of unbranched alkanes of at least 4 members (excludes halogenated alkanes) is 1. The lowest BCUT2D eigenvalue weighted by Gasteiger charge is -2.37. The lowest BCUT2D eigenvalue weighted by Crippen LogP contribution is -2.61. The van der Waals surface area contributed by atoms with E-state index in [9.17, 15) is 44.1 Å². The summed E-state index contributed by atoms with van der Waals surface area (Å²) < 4.78 is 0. The van der Waals surface area contributed by atoms with E-state index >= 15 is 38.4 Å². The second-order valence-corrected chi connectivity index (χ2v) is 34.9. The predicted octanol–water partition coefficient (Wildman–Crippen LogP) is 5.52. The minimum atomic E-state index is -1.88. The number of carboxylic acids is 1. The number of benzene rings is 6. The van der Waals surface area contributed by atoms with Crippen molar-refractivity contribution in [3.63, 3.8) is 0 Å². The van der Waals surface area contributed by atoms with Gasteiger partial charge in [-0.1, -0.05) is 188 Å². The number of phenolic OH excluding ortho intramolecular Hbond substituents is 2. The number of thioether (sulfide) groups is 1. The molecule has 3 heterocycles. The summed E-state index contributed by atoms with van der Waals surface area (Å²) in [6, 6.07) is 29.1. The number of fused-ring (bicyclic) bond motifs is 2. The third kappa shape index (κ3) is 27.7. The summed E-state index contributed by atoms with van der Waals surface area (Å²) in [5, 5.41) is 54.5. The van der Waals surface area contributed by atoms with Crippen molar-refractivity contribution in [1.29, 1.82) is 0 Å². The van der Waals surface area contributed by atoms with E-state index in [1.54, 1.807) is 148 Å². The van der Waals surface area contributed by atoms with Gasteiger partial charge < -0.3 is 87.3 Å². The molecular formula is C94H120N14O17S. The summed E-state index contributed by atoms with van der Waals surface area (Å²) in [7, 11) is 5.46. The third-order valence-corrected chi connectivity index (χ3v) is 24.0. The summed E-state index contributed by atoms with van der Waals surface area (Å²) in [4.78, 5) is 219. The molecule has 32 heteroatoms. The van der Waals surface area contributed by atoms with Gasteiger partial charge in [-0.3, -0.25) is 67.1 Å². The zero-order chi connectivity index (χ0) is 91.6. The standard InChI is InChI=1S/C94H120N14O17S/c1-12-13-33-76-92(123)104(8)53-80(111)97-73(50-82(113)114)87(118)103-83(57(4)5)94(125)106(10)77(47-61-27-19-15-20-28-61)88(119)102-75(46-64-36-40-67(110)41-37-64)91(122)108-52-58(6)43-78(108)89(120)101-72(49-65-51-95-69-32-24-23-31-68(65)69)86(117)100-71(44-63-34-38-66(109)39-35-63)85(116)99-70(42-56(2)3)84(115)96-59(7)54-126-55-81(112)98-74(45-60-25-17-14-18-26-60)90(121)107(11)79(93(124)105(76)9)48-62-29-21-16-22-30-62/h14-32,34-41,51,56-59,70-79,83,95,109-110H,12-13,33,42-50,52-55H2,1-11H3,(H,96,115)(H,97,111)(H,98,112)(H,99,116)(H,100,117)(H,101,120)(H,102,119)(H,103,118)(H,113,114)/t58-,59-,70+,71+,72+,73+,74+,75+,76+,77+,78-,79+,83+/m1/s1. The molecule has 0 saturated carbocycles. The monoisotopic (exact) mass is 1750 g/mol. The minimum Gasteiger partial charge on any atom is -0.508 e. The van der Waals surface area contributed by atoms with Crippen molar-refractivity contribution in [2.75, 3.05) is 52.8 Å². The molecule has 126 heavy (non-hydrogen) atoms. The van der Waals surface area contributed by atoms with E-state index in [4.69, 9.17) is 0 Å². The number of aliphatic carboxylic acids is 1. The summed E-state index contributed by atoms with van der Waals surface area (Å²) >= 11 is 1.15. The number of likely N-dealkylation sites (N-methyl/N-ethyl adjacent to an activating group) is 4. The molecule has 0 spiro atoms. The molecule has 13 atom stereocenters. The zero-order valence-electron chi connectivity index (χ0n) is 73.3. The highest BCUT2D eigenvalue weighted by Crippen LogP contribution is 2.29. The van der Waals surface area contributed by atoms with Crippen LogP contribution in [0.1, 0.15) is 120 Å². The van der Waals surface area contributed by atoms with Crippen LogP contribution in [0.15, 0.2) is 170 Å². The van der Waals surface area contributed by atoms with E-state index in [0.717, 1.165) is 21.6 Å². The number of phenols is 2. The Bertz CT molecular complexity index is 4930. The Morgan fingerprint density at radius 2 is 0.929 bits per heavy atom. The van der Waals surface area contributed by atoms with Gasteiger partial charge in [0.05, 0.1) is 18.7 Å². The first-order valence-corrected chi connectivity index (χ1v) is 44.0. The molecule has 2 fully saturated rings. The van der Waals surface area contributed by atoms with Crippen molar-refractivity contribution in [3.8, 4) is 11.5 Å². The average molecular weight is 1750 g/mol. The van der Waals surface area contributed by atoms with E-state index in [1.165, 1.54) is 67.2 Å². The van der Waals surface area contributed by atoms with Gasteiger partial charge in [-0.05, 0) is 108 Å². The topological polar surface area (TPSA) is 428 Å². The van der Waals surface area contributed by atoms with Crippen LogP contribution < -0.4 is 42.5 Å². The van der Waals surface area contributed by atoms with Crippen molar-refractivity contribution in [1.82, 2.24) is 72.0 Å². The van der Waals surface area contributed by atoms with E-state index in [1.807, 2.05) is 45.9 Å². The smallest absolute Gasteiger partial charge is 0.305 e. The fraction of sp³-hybridized carbons (Fsp3) is 0.447. The molecule has 0 radical (unpaired) electrons. The maximum absolute atomic E-state index is 15.8. The summed E-state index contributed by atoms with van der Waals surface area (Å²) in [6.45, 7) is 11.5. The Hall–Kier alpha value is -12.6. The van der Waals surface area contributed by atoms with Crippen LogP contribution in [0, 0.1) is 17.8 Å². The molecular weight excluding hydrogens is 1630 g/mol. The van der Waals surface area contributed by atoms with Gasteiger partial charge in [0.25, 0.3) is 0 Å². The number of rotatable bonds is 20. The normalized spacial score (nSPS) is 23.9. The van der Waals surface area contributed by atoms with Gasteiger partial charge in [0.1, 0.15) is 78.0 Å². The molecule has 13 amide bonds. The molecule has 12 N–H and O–H groups in total. The molecule has 2 saturated heterocycles. The highest BCUT2D eigenvalue weighted by Gasteiger charge is 2.45. The largest absolute Gasteiger partial charge is 0.508 e. The molecule has 674 valence electrons. The first-order chi connectivity index (χ1) is 60.0. The summed E-state index contributed by atoms with van der Waals surface area (Å²) in [5.41, 5.74) is 4.09. The van der Waals surface area contributed by atoms with Crippen molar-refractivity contribution in [3.05, 3.63) is 203 Å². The van der Waals surface area contributed by atoms with Crippen molar-refractivity contribution in [2.45, 2.75) is 198 Å². The van der Waals surface area contributed by atoms with Crippen molar-refractivity contribution >= 4 is 105 Å². The molecule has 0 aliphatic carbocycles. The van der Waals surface area contributed by atoms with Gasteiger partial charge in [0.15, 0.2) is 0 Å². The Morgan fingerprint density at radius 3 is 1.49 bits per heavy atom. The molecule has 1 aromatic heterocycles. The van der Waals surface area contributed by atoms with Gasteiger partial charge in [-0.25, -0.2) is 0 Å². The number of carbonyl (C=O) groups excluding carboxylic acids is 13. The maximum atomic E-state index is 15.8. The van der Waals surface area contributed by atoms with Crippen molar-refractivity contribution < 1.29 is 82.4 Å². The van der Waals surface area contributed by atoms with Crippen LogP contribution >= 0.6 is 11.8 Å². The molecule has 7 aromatic rings. The Morgan fingerprint density at radius 1 is 0.460 bits per heavy atom. The van der Waals surface area contributed by atoms with Crippen LogP contribution in [0.2, 0.25) is 0 Å². The Balaban J connectivity index is 1.10. The van der Waals surface area contributed by atoms with E-state index in [0.29, 0.717) is 57.1 Å². The van der Waals surface area contributed by atoms with Crippen LogP contribution in [0.5, 0.6) is 11.5 Å². The summed E-state index contributed by atoms with van der Waals surface area (Å²) in [6.07, 6.45) is 1.05. The molecule has 9 rings (SSSR count). The predicted molar refractivity (Wildman–Crippen MR) is 477 cm³/mol. The number of carboxylic acid groups (broad SMARTS) is 1. The van der Waals surface area contributed by atoms with Crippen molar-refractivity contribution in [2.24, 2.45) is 17.8 Å². The van der Waals surface area contributed by atoms with Crippen LogP contribution in [0.3, 0.4) is 0 Å². The molecule has 6 aromatic carbocycles. The lowest BCUT2D eigenvalue weighted by molar-refractivity contribution is -0.151. The third-order valence-electron chi connectivity index (χ3n) is 22.8. The van der Waals surface area contributed by atoms with E-state index < -0.39 is 174 Å². The maximum Gasteiger partial charge on any atom is 0.305 e. The zero-order valence-corrected chi connectivity index (χ0v) is 74.2. The number of aromatic amines is 1. The number of nitrogens with zero attached hydrogens (tertiary/aromatic N) is 5. The fourth-order valence-corrected chi connectivity index (χ4v) is 16.7. The van der Waals surface area contributed by atoms with Gasteiger partial charge in [-0.2, -0.15) is 0 Å². The number of H-pyrrole nitrogens is 1. The number of aromatic hydroxyl groups is 2. The number of hydrogen-bond donors (Lipinski definition) is 12. The number of amides is 13. The first-order valence-electron chi connectivity index (χ1n) is 42.8. The Kier molecular flexibility index (Phi) is 35.8. The second-order valence-electron chi connectivity index (χ2n) is 33.8. The van der Waals surface area contributed by atoms with Gasteiger partial charge in [-0.15, -0.1) is 11.8 Å². The number of nitrogens with one attached hydrogen (secondary N) is 9. The SMILES string of the molecule is CCCC[C@H]1C(=O)N(C)CC(=O)N[C@@H](CC(=O)O)C(=O)N[C@@H](C(C)C)C(=O)N(C)[C@@H](Cc2ccccc2)C(=O)N[C@@H](Cc2ccc(O)cc2)C(=O)N2C[C@H](C)C[C@@H]2C(=O)N[C@@H](Cc2c[nH]c3ccccc23)C(=O)N[C@@H](Cc2ccc(O)cc2)C(=O)N[C@@H](CC(C)C)C(=O)N[C@H](C)CSCC(=O)N[C@@H](Cc2ccccc2)C(=O)N(C)[C@@H](Cc2ccccc2)C(=O)N1C. The van der Waals surface area contributed by atoms with E-state index in [-0.39, 0.29) is 99.2 Å². The van der Waals surface area contributed by atoms with E-state index in [2.05, 4.69) is 47.5 Å². The van der Waals surface area contributed by atoms with Crippen LogP contribution in [-0.4, -0.2) is 253 Å². The van der Waals surface area contributed by atoms with Crippen LogP contribution in [0.25, 0.3) is 10.9 Å². The number of hydrogen-bond acceptors (Lipinski definition) is 17. The van der Waals surface area contributed by atoms with Crippen LogP contribution in [-0.2, 0) is 106 Å². The van der Waals surface area contributed by atoms with Gasteiger partial charge >= 0.3 is 5.97 Å². The van der Waals surface area contributed by atoms with Gasteiger partial charge in [0, 0.05) is 102 Å². The fourth-order valence-electron chi connectivity index (χ4n) is 15.8. The number of aromatic nitrogens is 1. The van der Waals surface area contributed by atoms with Crippen LogP contribution in [0.4, 0.5) is 0 Å². The molecule has 2 aliphatic heterocycles. The average Bonchev–Trinajstić information content (AvgIpc) is 1.57. The second kappa shape index (κ2) is 46.4. The van der Waals surface area contributed by atoms with Gasteiger partial charge in [0.2, 0.25) is 76.8 Å².